The van der Waals surface area contributed by atoms with Crippen LogP contribution in [0.3, 0.4) is 0 Å². The Morgan fingerprint density at radius 2 is 2.00 bits per heavy atom. The van der Waals surface area contributed by atoms with E-state index in [0.29, 0.717) is 17.1 Å². The van der Waals surface area contributed by atoms with Crippen LogP contribution in [0.1, 0.15) is 13.3 Å². The molecule has 6 nitrogen and oxygen atoms in total. The van der Waals surface area contributed by atoms with Crippen LogP contribution in [0, 0.1) is 0 Å². The number of rotatable bonds is 3. The maximum absolute atomic E-state index is 12.3. The van der Waals surface area contributed by atoms with Crippen molar-refractivity contribution < 1.29 is 18.0 Å². The monoisotopic (exact) mass is 378 g/mol. The maximum atomic E-state index is 12.3. The second-order valence-corrected chi connectivity index (χ2v) is 8.27. The van der Waals surface area contributed by atoms with E-state index in [-0.39, 0.29) is 23.1 Å². The Morgan fingerprint density at radius 3 is 2.52 bits per heavy atom. The number of carbonyl (C=O) groups excluding carboxylic acids is 2. The molecule has 0 bridgehead atoms. The predicted octanol–water partition coefficient (Wildman–Crippen LogP) is 1.97. The van der Waals surface area contributed by atoms with Gasteiger partial charge in [0.15, 0.2) is 9.84 Å². The molecule has 1 heterocycles. The number of hydrogen-bond acceptors (Lipinski definition) is 4. The zero-order valence-corrected chi connectivity index (χ0v) is 14.7. The number of anilines is 1. The molecule has 23 heavy (non-hydrogen) atoms. The molecule has 1 aliphatic heterocycles. The lowest BCUT2D eigenvalue weighted by Gasteiger charge is -2.26. The highest BCUT2D eigenvalue weighted by molar-refractivity contribution is 7.91. The van der Waals surface area contributed by atoms with E-state index < -0.39 is 27.7 Å². The van der Waals surface area contributed by atoms with E-state index in [9.17, 15) is 18.0 Å². The summed E-state index contributed by atoms with van der Waals surface area (Å²) in [5.41, 5.74) is 0.341. The van der Waals surface area contributed by atoms with Crippen LogP contribution in [0.25, 0.3) is 0 Å². The molecule has 0 aromatic heterocycles. The Balaban J connectivity index is 2.08. The summed E-state index contributed by atoms with van der Waals surface area (Å²) in [5, 5.41) is 3.04. The Bertz CT molecular complexity index is 736. The second-order valence-electron chi connectivity index (χ2n) is 5.23. The van der Waals surface area contributed by atoms with Crippen molar-refractivity contribution in [1.82, 2.24) is 4.90 Å². The van der Waals surface area contributed by atoms with Crippen LogP contribution in [-0.2, 0) is 19.4 Å². The van der Waals surface area contributed by atoms with Crippen LogP contribution in [0.5, 0.6) is 0 Å². The number of benzene rings is 1. The number of hydrogen-bond donors (Lipinski definition) is 1. The Kier molecular flexibility index (Phi) is 5.54. The molecule has 2 amide bonds. The lowest BCUT2D eigenvalue weighted by molar-refractivity contribution is -0.144. The van der Waals surface area contributed by atoms with E-state index >= 15 is 0 Å². The lowest BCUT2D eigenvalue weighted by atomic mass is 10.2. The molecule has 1 aromatic carbocycles. The second kappa shape index (κ2) is 7.07. The van der Waals surface area contributed by atoms with Crippen LogP contribution in [-0.4, -0.2) is 49.2 Å². The number of sulfone groups is 1. The van der Waals surface area contributed by atoms with Crippen molar-refractivity contribution in [3.8, 4) is 0 Å². The summed E-state index contributed by atoms with van der Waals surface area (Å²) in [6.07, 6.45) is 0.349. The van der Waals surface area contributed by atoms with E-state index in [1.165, 1.54) is 23.1 Å². The van der Waals surface area contributed by atoms with E-state index in [1.54, 1.807) is 6.92 Å². The molecule has 1 atom stereocenters. The minimum absolute atomic E-state index is 0.0376. The molecule has 1 fully saturated rings. The zero-order valence-electron chi connectivity index (χ0n) is 12.4. The highest BCUT2D eigenvalue weighted by Gasteiger charge is 2.35. The SMILES string of the molecule is CCN(C(=O)C(=O)Nc1ccc(Cl)c(Cl)c1)C1CCS(=O)(=O)C1. The number of likely N-dealkylation sites (N-methyl/N-ethyl adjacent to an activating group) is 1. The van der Waals surface area contributed by atoms with E-state index in [4.69, 9.17) is 23.2 Å². The largest absolute Gasteiger partial charge is 0.331 e. The van der Waals surface area contributed by atoms with Crippen molar-refractivity contribution in [1.29, 1.82) is 0 Å². The molecule has 1 aromatic rings. The van der Waals surface area contributed by atoms with Gasteiger partial charge in [-0.2, -0.15) is 0 Å². The summed E-state index contributed by atoms with van der Waals surface area (Å²) in [6, 6.07) is 4.00. The van der Waals surface area contributed by atoms with Crippen molar-refractivity contribution in [3.63, 3.8) is 0 Å². The highest BCUT2D eigenvalue weighted by atomic mass is 35.5. The molecule has 126 valence electrons. The number of halogens is 2. The fourth-order valence-electron chi connectivity index (χ4n) is 2.48. The fraction of sp³-hybridized carbons (Fsp3) is 0.429. The van der Waals surface area contributed by atoms with Gasteiger partial charge in [0.25, 0.3) is 0 Å². The van der Waals surface area contributed by atoms with Gasteiger partial charge in [0.1, 0.15) is 0 Å². The van der Waals surface area contributed by atoms with Gasteiger partial charge in [-0.25, -0.2) is 8.42 Å². The molecule has 1 aliphatic rings. The van der Waals surface area contributed by atoms with E-state index in [1.807, 2.05) is 0 Å². The van der Waals surface area contributed by atoms with Crippen molar-refractivity contribution in [2.45, 2.75) is 19.4 Å². The molecule has 1 saturated heterocycles. The van der Waals surface area contributed by atoms with Crippen LogP contribution < -0.4 is 5.32 Å². The zero-order chi connectivity index (χ0) is 17.2. The summed E-state index contributed by atoms with van der Waals surface area (Å²) in [7, 11) is -3.14. The first-order valence-corrected chi connectivity index (χ1v) is 9.58. The van der Waals surface area contributed by atoms with Gasteiger partial charge in [-0.3, -0.25) is 9.59 Å². The normalized spacial score (nSPS) is 19.3. The van der Waals surface area contributed by atoms with Gasteiger partial charge in [-0.05, 0) is 31.5 Å². The molecular formula is C14H16Cl2N2O4S. The smallest absolute Gasteiger partial charge is 0.313 e. The summed E-state index contributed by atoms with van der Waals surface area (Å²) < 4.78 is 23.1. The number of nitrogens with one attached hydrogen (secondary N) is 1. The van der Waals surface area contributed by atoms with Crippen molar-refractivity contribution in [2.24, 2.45) is 0 Å². The highest BCUT2D eigenvalue weighted by Crippen LogP contribution is 2.25. The molecule has 0 saturated carbocycles. The first-order valence-electron chi connectivity index (χ1n) is 7.01. The molecule has 1 unspecified atom stereocenters. The van der Waals surface area contributed by atoms with Gasteiger partial charge in [-0.15, -0.1) is 0 Å². The molecule has 2 rings (SSSR count). The van der Waals surface area contributed by atoms with Crippen molar-refractivity contribution in [2.75, 3.05) is 23.4 Å². The first-order chi connectivity index (χ1) is 10.7. The maximum Gasteiger partial charge on any atom is 0.313 e. The minimum atomic E-state index is -3.14. The van der Waals surface area contributed by atoms with E-state index in [0.717, 1.165) is 0 Å². The standard InChI is InChI=1S/C14H16Cl2N2O4S/c1-2-18(10-5-6-23(21,22)8-10)14(20)13(19)17-9-3-4-11(15)12(16)7-9/h3-4,7,10H,2,5-6,8H2,1H3,(H,17,19). The van der Waals surface area contributed by atoms with Gasteiger partial charge in [0, 0.05) is 18.3 Å². The Hall–Kier alpha value is -1.31. The van der Waals surface area contributed by atoms with Gasteiger partial charge in [-0.1, -0.05) is 23.2 Å². The quantitative estimate of drug-likeness (QED) is 0.814. The molecule has 1 N–H and O–H groups in total. The van der Waals surface area contributed by atoms with Crippen LogP contribution in [0.15, 0.2) is 18.2 Å². The third-order valence-electron chi connectivity index (χ3n) is 3.62. The average Bonchev–Trinajstić information content (AvgIpc) is 2.83. The number of nitrogens with zero attached hydrogens (tertiary/aromatic N) is 1. The topological polar surface area (TPSA) is 83.6 Å². The molecule has 0 spiro atoms. The third kappa shape index (κ3) is 4.37. The summed E-state index contributed by atoms with van der Waals surface area (Å²) in [6.45, 7) is 1.96. The molecule has 0 radical (unpaired) electrons. The van der Waals surface area contributed by atoms with Gasteiger partial charge >= 0.3 is 11.8 Å². The van der Waals surface area contributed by atoms with Crippen molar-refractivity contribution in [3.05, 3.63) is 28.2 Å². The van der Waals surface area contributed by atoms with Gasteiger partial charge in [0.2, 0.25) is 0 Å². The lowest BCUT2D eigenvalue weighted by Crippen LogP contribution is -2.46. The van der Waals surface area contributed by atoms with Gasteiger partial charge in [0.05, 0.1) is 21.6 Å². The van der Waals surface area contributed by atoms with E-state index in [2.05, 4.69) is 5.32 Å². The predicted molar refractivity (Wildman–Crippen MR) is 89.5 cm³/mol. The van der Waals surface area contributed by atoms with Crippen LogP contribution in [0.4, 0.5) is 5.69 Å². The van der Waals surface area contributed by atoms with Crippen LogP contribution >= 0.6 is 23.2 Å². The number of amides is 2. The molecular weight excluding hydrogens is 363 g/mol. The molecule has 9 heteroatoms. The minimum Gasteiger partial charge on any atom is -0.331 e. The number of carbonyl (C=O) groups is 2. The Morgan fingerprint density at radius 1 is 1.30 bits per heavy atom. The van der Waals surface area contributed by atoms with Gasteiger partial charge < -0.3 is 10.2 Å². The summed E-state index contributed by atoms with van der Waals surface area (Å²) in [4.78, 5) is 25.7. The summed E-state index contributed by atoms with van der Waals surface area (Å²) >= 11 is 11.6. The van der Waals surface area contributed by atoms with Crippen LogP contribution in [0.2, 0.25) is 10.0 Å². The van der Waals surface area contributed by atoms with Crippen molar-refractivity contribution >= 4 is 50.5 Å². The average molecular weight is 379 g/mol. The fourth-order valence-corrected chi connectivity index (χ4v) is 4.51. The summed E-state index contributed by atoms with van der Waals surface area (Å²) in [5.74, 6) is -1.67. The third-order valence-corrected chi connectivity index (χ3v) is 6.11. The first kappa shape index (κ1) is 18.0. The Labute approximate surface area is 144 Å². The molecule has 0 aliphatic carbocycles.